The molecule has 0 radical (unpaired) electrons. The predicted molar refractivity (Wildman–Crippen MR) is 123 cm³/mol. The van der Waals surface area contributed by atoms with Crippen molar-refractivity contribution in [1.29, 1.82) is 0 Å². The Hall–Kier alpha value is -3.13. The van der Waals surface area contributed by atoms with Gasteiger partial charge < -0.3 is 10.2 Å². The van der Waals surface area contributed by atoms with Gasteiger partial charge in [0.15, 0.2) is 0 Å². The number of nitrogens with one attached hydrogen (secondary N) is 1. The van der Waals surface area contributed by atoms with Gasteiger partial charge in [-0.25, -0.2) is 4.98 Å². The average molecular weight is 437 g/mol. The number of thioether (sulfide) groups is 1. The van der Waals surface area contributed by atoms with Crippen molar-refractivity contribution < 1.29 is 9.59 Å². The standard InChI is InChI=1S/C23H24N4O3S/c1-26(2)23(30)31-19-10-6-5-9-18(19)25-21(28)14-13-20-24-17-8-4-3-7-16(17)22(29)27(20)15-11-12-15/h3-10,15H,11-14H2,1-2H3,(H,25,28). The first-order valence-electron chi connectivity index (χ1n) is 10.2. The van der Waals surface area contributed by atoms with E-state index in [1.165, 1.54) is 4.90 Å². The van der Waals surface area contributed by atoms with Gasteiger partial charge in [0.2, 0.25) is 5.91 Å². The maximum Gasteiger partial charge on any atom is 0.286 e. The Labute approximate surface area is 184 Å². The Morgan fingerprint density at radius 1 is 1.13 bits per heavy atom. The van der Waals surface area contributed by atoms with Crippen LogP contribution in [0.4, 0.5) is 10.5 Å². The van der Waals surface area contributed by atoms with E-state index in [4.69, 9.17) is 0 Å². The van der Waals surface area contributed by atoms with E-state index < -0.39 is 0 Å². The molecule has 3 aromatic rings. The van der Waals surface area contributed by atoms with Crippen molar-refractivity contribution >= 4 is 39.5 Å². The number of nitrogens with zero attached hydrogens (tertiary/aromatic N) is 3. The van der Waals surface area contributed by atoms with Gasteiger partial charge in [0.05, 0.1) is 16.6 Å². The zero-order valence-electron chi connectivity index (χ0n) is 17.5. The summed E-state index contributed by atoms with van der Waals surface area (Å²) in [6, 6.07) is 14.7. The third kappa shape index (κ3) is 4.80. The molecular weight excluding hydrogens is 412 g/mol. The van der Waals surface area contributed by atoms with E-state index in [9.17, 15) is 14.4 Å². The molecule has 1 aliphatic rings. The van der Waals surface area contributed by atoms with Gasteiger partial charge in [-0.1, -0.05) is 24.3 Å². The summed E-state index contributed by atoms with van der Waals surface area (Å²) in [5.41, 5.74) is 1.22. The molecule has 1 aliphatic carbocycles. The fourth-order valence-electron chi connectivity index (χ4n) is 3.36. The molecule has 1 saturated carbocycles. The van der Waals surface area contributed by atoms with Crippen LogP contribution in [-0.4, -0.2) is 39.7 Å². The summed E-state index contributed by atoms with van der Waals surface area (Å²) in [6.07, 6.45) is 2.49. The first kappa shape index (κ1) is 21.1. The number of aryl methyl sites for hydroxylation is 1. The Morgan fingerprint density at radius 2 is 1.84 bits per heavy atom. The minimum atomic E-state index is -0.185. The first-order valence-corrected chi connectivity index (χ1v) is 11.0. The number of benzene rings is 2. The summed E-state index contributed by atoms with van der Waals surface area (Å²) in [7, 11) is 3.37. The van der Waals surface area contributed by atoms with Crippen molar-refractivity contribution in [3.8, 4) is 0 Å². The SMILES string of the molecule is CN(C)C(=O)Sc1ccccc1NC(=O)CCc1nc2ccccc2c(=O)n1C1CC1. The van der Waals surface area contributed by atoms with E-state index in [2.05, 4.69) is 10.3 Å². The quantitative estimate of drug-likeness (QED) is 0.589. The summed E-state index contributed by atoms with van der Waals surface area (Å²) < 4.78 is 1.76. The highest BCUT2D eigenvalue weighted by atomic mass is 32.2. The van der Waals surface area contributed by atoms with E-state index in [0.717, 1.165) is 24.6 Å². The van der Waals surface area contributed by atoms with Crippen molar-refractivity contribution in [1.82, 2.24) is 14.5 Å². The molecule has 8 heteroatoms. The van der Waals surface area contributed by atoms with Crippen molar-refractivity contribution in [3.63, 3.8) is 0 Å². The van der Waals surface area contributed by atoms with Gasteiger partial charge in [0, 0.05) is 37.9 Å². The van der Waals surface area contributed by atoms with E-state index >= 15 is 0 Å². The number of fused-ring (bicyclic) bond motifs is 1. The number of aromatic nitrogens is 2. The van der Waals surface area contributed by atoms with Crippen LogP contribution in [0.15, 0.2) is 58.2 Å². The Kier molecular flexibility index (Phi) is 6.08. The van der Waals surface area contributed by atoms with Crippen LogP contribution in [0.5, 0.6) is 0 Å². The molecule has 2 amide bonds. The summed E-state index contributed by atoms with van der Waals surface area (Å²) >= 11 is 1.07. The van der Waals surface area contributed by atoms with Crippen LogP contribution in [0.25, 0.3) is 10.9 Å². The van der Waals surface area contributed by atoms with Crippen LogP contribution >= 0.6 is 11.8 Å². The summed E-state index contributed by atoms with van der Waals surface area (Å²) in [4.78, 5) is 44.5. The van der Waals surface area contributed by atoms with E-state index in [0.29, 0.717) is 33.7 Å². The number of carbonyl (C=O) groups is 2. The number of anilines is 1. The molecule has 160 valence electrons. The second-order valence-corrected chi connectivity index (χ2v) is 8.75. The summed E-state index contributed by atoms with van der Waals surface area (Å²) in [6.45, 7) is 0. The minimum absolute atomic E-state index is 0.0348. The highest BCUT2D eigenvalue weighted by molar-refractivity contribution is 8.13. The zero-order chi connectivity index (χ0) is 22.0. The van der Waals surface area contributed by atoms with Crippen LogP contribution < -0.4 is 10.9 Å². The molecule has 1 fully saturated rings. The Bertz CT molecular complexity index is 1200. The second-order valence-electron chi connectivity index (χ2n) is 7.76. The minimum Gasteiger partial charge on any atom is -0.339 e. The van der Waals surface area contributed by atoms with Gasteiger partial charge in [-0.05, 0) is 48.9 Å². The lowest BCUT2D eigenvalue weighted by atomic mass is 10.2. The van der Waals surface area contributed by atoms with Gasteiger partial charge >= 0.3 is 0 Å². The third-order valence-corrected chi connectivity index (χ3v) is 6.21. The van der Waals surface area contributed by atoms with Crippen LogP contribution in [0.3, 0.4) is 0 Å². The monoisotopic (exact) mass is 436 g/mol. The third-order valence-electron chi connectivity index (χ3n) is 5.09. The lowest BCUT2D eigenvalue weighted by molar-refractivity contribution is -0.116. The molecule has 1 aromatic heterocycles. The molecule has 0 saturated heterocycles. The number of rotatable bonds is 6. The molecule has 4 rings (SSSR count). The van der Waals surface area contributed by atoms with Crippen molar-refractivity contribution in [2.45, 2.75) is 36.6 Å². The normalized spacial score (nSPS) is 13.2. The number of para-hydroxylation sites is 2. The molecule has 0 unspecified atom stereocenters. The van der Waals surface area contributed by atoms with Gasteiger partial charge in [0.1, 0.15) is 5.82 Å². The van der Waals surface area contributed by atoms with Gasteiger partial charge in [-0.3, -0.25) is 19.0 Å². The topological polar surface area (TPSA) is 84.3 Å². The smallest absolute Gasteiger partial charge is 0.286 e. The first-order chi connectivity index (χ1) is 14.9. The lowest BCUT2D eigenvalue weighted by Crippen LogP contribution is -2.25. The lowest BCUT2D eigenvalue weighted by Gasteiger charge is -2.14. The molecule has 2 aromatic carbocycles. The van der Waals surface area contributed by atoms with Crippen LogP contribution in [-0.2, 0) is 11.2 Å². The van der Waals surface area contributed by atoms with E-state index in [-0.39, 0.29) is 29.2 Å². The highest BCUT2D eigenvalue weighted by Gasteiger charge is 2.28. The molecular formula is C23H24N4O3S. The molecule has 0 aliphatic heterocycles. The average Bonchev–Trinajstić information content (AvgIpc) is 3.58. The summed E-state index contributed by atoms with van der Waals surface area (Å²) in [5, 5.41) is 3.39. The fraction of sp³-hybridized carbons (Fsp3) is 0.304. The second kappa shape index (κ2) is 8.93. The number of hydrogen-bond acceptors (Lipinski definition) is 5. The Morgan fingerprint density at radius 3 is 2.58 bits per heavy atom. The van der Waals surface area contributed by atoms with Crippen LogP contribution in [0, 0.1) is 0 Å². The van der Waals surface area contributed by atoms with E-state index in [1.807, 2.05) is 30.3 Å². The summed E-state index contributed by atoms with van der Waals surface area (Å²) in [5.74, 6) is 0.460. The van der Waals surface area contributed by atoms with Crippen molar-refractivity contribution in [3.05, 3.63) is 64.7 Å². The van der Waals surface area contributed by atoms with E-state index in [1.54, 1.807) is 36.9 Å². The number of hydrogen-bond donors (Lipinski definition) is 1. The predicted octanol–water partition coefficient (Wildman–Crippen LogP) is 4.08. The largest absolute Gasteiger partial charge is 0.339 e. The molecule has 1 N–H and O–H groups in total. The maximum absolute atomic E-state index is 13.0. The molecule has 1 heterocycles. The molecule has 0 bridgehead atoms. The van der Waals surface area contributed by atoms with Crippen LogP contribution in [0.1, 0.15) is 31.1 Å². The number of amides is 2. The van der Waals surface area contributed by atoms with Gasteiger partial charge in [0.25, 0.3) is 10.8 Å². The maximum atomic E-state index is 13.0. The van der Waals surface area contributed by atoms with Gasteiger partial charge in [-0.15, -0.1) is 0 Å². The van der Waals surface area contributed by atoms with Crippen LogP contribution in [0.2, 0.25) is 0 Å². The number of carbonyl (C=O) groups excluding carboxylic acids is 2. The van der Waals surface area contributed by atoms with Gasteiger partial charge in [-0.2, -0.15) is 0 Å². The van der Waals surface area contributed by atoms with Crippen molar-refractivity contribution in [2.24, 2.45) is 0 Å². The fourth-order valence-corrected chi connectivity index (χ4v) is 4.11. The van der Waals surface area contributed by atoms with Crippen molar-refractivity contribution in [2.75, 3.05) is 19.4 Å². The Balaban J connectivity index is 1.50. The molecule has 0 atom stereocenters. The molecule has 0 spiro atoms. The molecule has 7 nitrogen and oxygen atoms in total. The highest BCUT2D eigenvalue weighted by Crippen LogP contribution is 2.35. The molecule has 31 heavy (non-hydrogen) atoms. The zero-order valence-corrected chi connectivity index (χ0v) is 18.3.